The fraction of sp³-hybridized carbons (Fsp3) is 0.400. The number of amidine groups is 1. The summed E-state index contributed by atoms with van der Waals surface area (Å²) in [6.07, 6.45) is 0.593. The average molecular weight is 449 g/mol. The first-order chi connectivity index (χ1) is 14.6. The van der Waals surface area contributed by atoms with Crippen LogP contribution in [0.5, 0.6) is 0 Å². The molecule has 2 heterocycles. The second-order valence-corrected chi connectivity index (χ2v) is 9.04. The Morgan fingerprint density at radius 2 is 1.87 bits per heavy atom. The quantitative estimate of drug-likeness (QED) is 0.632. The molecular weight excluding hydrogens is 424 g/mol. The zero-order chi connectivity index (χ0) is 22.9. The van der Waals surface area contributed by atoms with Crippen LogP contribution in [0, 0.1) is 5.92 Å². The van der Waals surface area contributed by atoms with E-state index in [2.05, 4.69) is 9.71 Å². The van der Waals surface area contributed by atoms with Gasteiger partial charge >= 0.3 is 11.7 Å². The number of hydrogen-bond acceptors (Lipinski definition) is 7. The summed E-state index contributed by atoms with van der Waals surface area (Å²) in [7, 11) is -0.910. The second kappa shape index (κ2) is 8.50. The van der Waals surface area contributed by atoms with Crippen LogP contribution in [0.15, 0.2) is 49.8 Å². The molecule has 1 aromatic heterocycles. The average Bonchev–Trinajstić information content (AvgIpc) is 3.01. The van der Waals surface area contributed by atoms with E-state index in [1.54, 1.807) is 25.1 Å². The molecule has 1 aliphatic heterocycles. The Hall–Kier alpha value is -3.21. The topological polar surface area (TPSA) is 129 Å². The van der Waals surface area contributed by atoms with Crippen molar-refractivity contribution in [3.05, 3.63) is 62.4 Å². The van der Waals surface area contributed by atoms with Crippen LogP contribution in [0.1, 0.15) is 31.5 Å². The van der Waals surface area contributed by atoms with E-state index in [1.165, 1.54) is 30.8 Å². The minimum absolute atomic E-state index is 0.0823. The third kappa shape index (κ3) is 4.31. The Bertz CT molecular complexity index is 1280. The molecule has 0 saturated heterocycles. The largest absolute Gasteiger partial charge is 0.458 e. The number of benzene rings is 1. The van der Waals surface area contributed by atoms with Gasteiger partial charge in [-0.2, -0.15) is 0 Å². The van der Waals surface area contributed by atoms with Crippen molar-refractivity contribution in [2.45, 2.75) is 37.8 Å². The highest BCUT2D eigenvalue weighted by molar-refractivity contribution is 7.90. The van der Waals surface area contributed by atoms with Gasteiger partial charge in [-0.25, -0.2) is 18.0 Å². The summed E-state index contributed by atoms with van der Waals surface area (Å²) >= 11 is 0. The zero-order valence-corrected chi connectivity index (χ0v) is 18.5. The molecule has 3 rings (SSSR count). The van der Waals surface area contributed by atoms with Gasteiger partial charge in [0.15, 0.2) is 6.04 Å². The highest BCUT2D eigenvalue weighted by Crippen LogP contribution is 2.24. The fourth-order valence-electron chi connectivity index (χ4n) is 3.15. The van der Waals surface area contributed by atoms with Gasteiger partial charge < -0.3 is 4.74 Å². The van der Waals surface area contributed by atoms with Crippen LogP contribution >= 0.6 is 0 Å². The zero-order valence-electron chi connectivity index (χ0n) is 17.7. The summed E-state index contributed by atoms with van der Waals surface area (Å²) in [5.41, 5.74) is -0.416. The molecule has 0 unspecified atom stereocenters. The number of esters is 1. The van der Waals surface area contributed by atoms with Crippen molar-refractivity contribution in [1.29, 1.82) is 0 Å². The van der Waals surface area contributed by atoms with Crippen LogP contribution in [0.2, 0.25) is 0 Å². The lowest BCUT2D eigenvalue weighted by Crippen LogP contribution is -2.38. The number of carbonyl (C=O) groups excluding carboxylic acids is 1. The Balaban J connectivity index is 1.90. The molecule has 2 aromatic rings. The lowest BCUT2D eigenvalue weighted by molar-refractivity contribution is -0.147. The summed E-state index contributed by atoms with van der Waals surface area (Å²) in [6.45, 7) is 3.39. The van der Waals surface area contributed by atoms with Crippen molar-refractivity contribution >= 4 is 21.8 Å². The van der Waals surface area contributed by atoms with Crippen molar-refractivity contribution in [3.8, 4) is 0 Å². The molecule has 0 bridgehead atoms. The summed E-state index contributed by atoms with van der Waals surface area (Å²) < 4.78 is 34.6. The minimum Gasteiger partial charge on any atom is -0.458 e. The van der Waals surface area contributed by atoms with Gasteiger partial charge in [0.1, 0.15) is 12.4 Å². The van der Waals surface area contributed by atoms with Crippen LogP contribution in [0.25, 0.3) is 0 Å². The number of nitrogens with one attached hydrogen (secondary N) is 1. The van der Waals surface area contributed by atoms with E-state index in [9.17, 15) is 22.8 Å². The molecule has 1 N–H and O–H groups in total. The van der Waals surface area contributed by atoms with E-state index in [-0.39, 0.29) is 28.9 Å². The number of aromatic nitrogens is 2. The predicted molar refractivity (Wildman–Crippen MR) is 113 cm³/mol. The first kappa shape index (κ1) is 22.5. The summed E-state index contributed by atoms with van der Waals surface area (Å²) in [5, 5.41) is 0. The van der Waals surface area contributed by atoms with Crippen LogP contribution in [0.4, 0.5) is 0 Å². The van der Waals surface area contributed by atoms with Gasteiger partial charge in [-0.3, -0.25) is 23.6 Å². The smallest absolute Gasteiger partial charge is 0.331 e. The molecule has 31 heavy (non-hydrogen) atoms. The third-order valence-electron chi connectivity index (χ3n) is 5.34. The molecule has 11 heteroatoms. The third-order valence-corrected chi connectivity index (χ3v) is 6.74. The highest BCUT2D eigenvalue weighted by atomic mass is 32.2. The molecule has 1 aliphatic rings. The number of hydrogen-bond donors (Lipinski definition) is 1. The summed E-state index contributed by atoms with van der Waals surface area (Å²) in [5.74, 6) is -0.845. The molecule has 10 nitrogen and oxygen atoms in total. The molecule has 0 radical (unpaired) electrons. The monoisotopic (exact) mass is 448 g/mol. The molecule has 0 amide bonds. The van der Waals surface area contributed by atoms with E-state index in [0.29, 0.717) is 12.0 Å². The first-order valence-corrected chi connectivity index (χ1v) is 11.2. The van der Waals surface area contributed by atoms with Crippen LogP contribution in [0.3, 0.4) is 0 Å². The van der Waals surface area contributed by atoms with Crippen molar-refractivity contribution in [3.63, 3.8) is 0 Å². The second-order valence-electron chi connectivity index (χ2n) is 7.39. The molecule has 166 valence electrons. The Kier molecular flexibility index (Phi) is 6.16. The van der Waals surface area contributed by atoms with Crippen LogP contribution < -0.4 is 16.0 Å². The number of rotatable bonds is 6. The van der Waals surface area contributed by atoms with Crippen molar-refractivity contribution in [2.24, 2.45) is 25.0 Å². The molecular formula is C20H24N4O6S. The maximum Gasteiger partial charge on any atom is 0.331 e. The van der Waals surface area contributed by atoms with E-state index < -0.39 is 33.3 Å². The summed E-state index contributed by atoms with van der Waals surface area (Å²) in [4.78, 5) is 41.3. The Morgan fingerprint density at radius 1 is 1.19 bits per heavy atom. The minimum atomic E-state index is -3.74. The maximum absolute atomic E-state index is 12.8. The lowest BCUT2D eigenvalue weighted by Gasteiger charge is -2.19. The number of ether oxygens (including phenoxy) is 1. The van der Waals surface area contributed by atoms with Gasteiger partial charge in [-0.05, 0) is 18.1 Å². The Morgan fingerprint density at radius 3 is 2.55 bits per heavy atom. The molecule has 2 atom stereocenters. The molecule has 1 aromatic carbocycles. The normalized spacial score (nSPS) is 17.6. The number of nitrogens with zero attached hydrogens (tertiary/aromatic N) is 3. The SMILES string of the molecule is CC[C@H](C)[C@H](N=C1NS(=O)(=O)c2ccccc21)C(=O)OCc1cc(=O)n(C)c(=O)n1C. The number of fused-ring (bicyclic) bond motifs is 1. The molecule has 0 aliphatic carbocycles. The van der Waals surface area contributed by atoms with Gasteiger partial charge in [-0.1, -0.05) is 32.4 Å². The van der Waals surface area contributed by atoms with Gasteiger partial charge in [0.05, 0.1) is 10.6 Å². The van der Waals surface area contributed by atoms with E-state index in [0.717, 1.165) is 4.57 Å². The van der Waals surface area contributed by atoms with E-state index >= 15 is 0 Å². The predicted octanol–water partition coefficient (Wildman–Crippen LogP) is 0.281. The fourth-order valence-corrected chi connectivity index (χ4v) is 4.39. The molecule has 0 saturated carbocycles. The highest BCUT2D eigenvalue weighted by Gasteiger charge is 2.33. The van der Waals surface area contributed by atoms with Gasteiger partial charge in [0.25, 0.3) is 15.6 Å². The van der Waals surface area contributed by atoms with Crippen LogP contribution in [-0.4, -0.2) is 35.4 Å². The first-order valence-electron chi connectivity index (χ1n) is 9.69. The van der Waals surface area contributed by atoms with Gasteiger partial charge in [-0.15, -0.1) is 0 Å². The van der Waals surface area contributed by atoms with E-state index in [1.807, 2.05) is 6.92 Å². The Labute approximate surface area is 179 Å². The van der Waals surface area contributed by atoms with E-state index in [4.69, 9.17) is 4.74 Å². The van der Waals surface area contributed by atoms with Crippen molar-refractivity contribution in [2.75, 3.05) is 0 Å². The lowest BCUT2D eigenvalue weighted by atomic mass is 9.99. The van der Waals surface area contributed by atoms with Gasteiger partial charge in [0.2, 0.25) is 0 Å². The van der Waals surface area contributed by atoms with Crippen molar-refractivity contribution in [1.82, 2.24) is 13.9 Å². The standard InChI is InChI=1S/C20H24N4O6S/c1-5-12(2)17(21-18-14-8-6-7-9-15(14)31(28,29)22-18)19(26)30-11-13-10-16(25)24(4)20(27)23(13)3/h6-10,12,17H,5,11H2,1-4H3,(H,21,22)/t12-,17-/m0/s1. The van der Waals surface area contributed by atoms with Gasteiger partial charge in [0, 0.05) is 25.7 Å². The van der Waals surface area contributed by atoms with Crippen LogP contribution in [-0.2, 0) is 40.3 Å². The molecule has 0 fully saturated rings. The maximum atomic E-state index is 12.8. The number of sulfonamides is 1. The van der Waals surface area contributed by atoms with Crippen molar-refractivity contribution < 1.29 is 17.9 Å². The number of carbonyl (C=O) groups is 1. The molecule has 0 spiro atoms. The number of aliphatic imine (C=N–C) groups is 1. The summed E-state index contributed by atoms with van der Waals surface area (Å²) in [6, 6.07) is 6.62.